The Morgan fingerprint density at radius 3 is 2.55 bits per heavy atom. The highest BCUT2D eigenvalue weighted by Crippen LogP contribution is 2.26. The first-order valence-corrected chi connectivity index (χ1v) is 10.2. The van der Waals surface area contributed by atoms with Crippen LogP contribution in [-0.2, 0) is 17.6 Å². The van der Waals surface area contributed by atoms with Crippen LogP contribution in [0.1, 0.15) is 21.5 Å². The predicted octanol–water partition coefficient (Wildman–Crippen LogP) is 4.21. The topological polar surface area (TPSA) is 87.7 Å². The largest absolute Gasteiger partial charge is 0.508 e. The predicted molar refractivity (Wildman–Crippen MR) is 121 cm³/mol. The Balaban J connectivity index is 1.60. The van der Waals surface area contributed by atoms with Crippen LogP contribution < -0.4 is 15.4 Å². The van der Waals surface area contributed by atoms with E-state index in [2.05, 4.69) is 10.6 Å². The number of aromatic hydroxyl groups is 1. The number of nitrogens with one attached hydrogen (secondary N) is 2. The van der Waals surface area contributed by atoms with Crippen molar-refractivity contribution >= 4 is 29.6 Å². The summed E-state index contributed by atoms with van der Waals surface area (Å²) >= 11 is 5.98. The Morgan fingerprint density at radius 1 is 1.00 bits per heavy atom. The molecule has 0 bridgehead atoms. The van der Waals surface area contributed by atoms with Gasteiger partial charge in [-0.1, -0.05) is 35.9 Å². The molecular weight excluding hydrogens is 416 g/mol. The lowest BCUT2D eigenvalue weighted by Crippen LogP contribution is -2.25. The van der Waals surface area contributed by atoms with Gasteiger partial charge in [-0.25, -0.2) is 0 Å². The van der Waals surface area contributed by atoms with E-state index < -0.39 is 0 Å². The summed E-state index contributed by atoms with van der Waals surface area (Å²) in [6.45, 7) is 0.808. The van der Waals surface area contributed by atoms with Crippen LogP contribution >= 0.6 is 11.6 Å². The summed E-state index contributed by atoms with van der Waals surface area (Å²) in [6, 6.07) is 19.2. The van der Waals surface area contributed by atoms with Gasteiger partial charge in [-0.3, -0.25) is 9.59 Å². The number of rotatable bonds is 10. The Kier molecular flexibility index (Phi) is 7.90. The van der Waals surface area contributed by atoms with Gasteiger partial charge in [0, 0.05) is 23.6 Å². The van der Waals surface area contributed by atoms with Crippen molar-refractivity contribution in [3.05, 3.63) is 88.4 Å². The second-order valence-corrected chi connectivity index (χ2v) is 7.31. The molecule has 0 spiro atoms. The molecule has 7 heteroatoms. The van der Waals surface area contributed by atoms with E-state index in [1.807, 2.05) is 36.4 Å². The van der Waals surface area contributed by atoms with E-state index in [-0.39, 0.29) is 11.7 Å². The van der Waals surface area contributed by atoms with Crippen LogP contribution in [-0.4, -0.2) is 30.6 Å². The van der Waals surface area contributed by atoms with Crippen molar-refractivity contribution in [2.75, 3.05) is 18.5 Å². The highest BCUT2D eigenvalue weighted by molar-refractivity contribution is 6.30. The number of anilines is 1. The number of halogens is 1. The van der Waals surface area contributed by atoms with Crippen molar-refractivity contribution in [2.45, 2.75) is 12.8 Å². The monoisotopic (exact) mass is 438 g/mol. The van der Waals surface area contributed by atoms with E-state index in [0.29, 0.717) is 54.4 Å². The zero-order chi connectivity index (χ0) is 22.1. The number of phenols is 1. The highest BCUT2D eigenvalue weighted by Gasteiger charge is 2.11. The molecule has 3 aromatic rings. The van der Waals surface area contributed by atoms with Crippen molar-refractivity contribution < 1.29 is 19.4 Å². The Hall–Kier alpha value is -3.51. The van der Waals surface area contributed by atoms with Gasteiger partial charge < -0.3 is 20.5 Å². The van der Waals surface area contributed by atoms with Gasteiger partial charge in [0.15, 0.2) is 0 Å². The molecule has 0 saturated heterocycles. The van der Waals surface area contributed by atoms with Crippen molar-refractivity contribution in [1.82, 2.24) is 5.32 Å². The molecular formula is C24H23ClN2O4. The maximum atomic E-state index is 12.5. The average Bonchev–Trinajstić information content (AvgIpc) is 2.76. The molecule has 0 aromatic heterocycles. The normalized spacial score (nSPS) is 10.4. The number of carbonyl (C=O) groups is 2. The van der Waals surface area contributed by atoms with E-state index in [9.17, 15) is 14.7 Å². The molecule has 0 aliphatic carbocycles. The van der Waals surface area contributed by atoms with E-state index in [1.54, 1.807) is 30.3 Å². The first kappa shape index (κ1) is 22.2. The van der Waals surface area contributed by atoms with Crippen LogP contribution in [0.4, 0.5) is 5.69 Å². The minimum atomic E-state index is -0.233. The molecule has 0 fully saturated rings. The van der Waals surface area contributed by atoms with Crippen molar-refractivity contribution in [1.29, 1.82) is 0 Å². The van der Waals surface area contributed by atoms with E-state index >= 15 is 0 Å². The van der Waals surface area contributed by atoms with E-state index in [1.165, 1.54) is 0 Å². The van der Waals surface area contributed by atoms with Gasteiger partial charge in [0.25, 0.3) is 5.91 Å². The first-order valence-electron chi connectivity index (χ1n) is 9.83. The van der Waals surface area contributed by atoms with Gasteiger partial charge in [-0.15, -0.1) is 0 Å². The highest BCUT2D eigenvalue weighted by atomic mass is 35.5. The lowest BCUT2D eigenvalue weighted by molar-refractivity contribution is -0.105. The number of hydrogen-bond donors (Lipinski definition) is 3. The standard InChI is InChI=1S/C24H23ClN2O4/c25-20-3-1-2-18(14-20)10-12-26-24(30)19-6-9-22(27-16-28)23(15-19)31-13-11-17-4-7-21(29)8-5-17/h1-9,14-16,29H,10-13H2,(H,26,30)(H,27,28). The zero-order valence-corrected chi connectivity index (χ0v) is 17.6. The molecule has 0 atom stereocenters. The fourth-order valence-electron chi connectivity index (χ4n) is 3.02. The molecule has 0 unspecified atom stereocenters. The van der Waals surface area contributed by atoms with Gasteiger partial charge in [0.2, 0.25) is 6.41 Å². The Bertz CT molecular complexity index is 1040. The average molecular weight is 439 g/mol. The fraction of sp³-hybridized carbons (Fsp3) is 0.167. The molecule has 3 aromatic carbocycles. The lowest BCUT2D eigenvalue weighted by atomic mass is 10.1. The lowest BCUT2D eigenvalue weighted by Gasteiger charge is -2.13. The zero-order valence-electron chi connectivity index (χ0n) is 16.8. The summed E-state index contributed by atoms with van der Waals surface area (Å²) in [5, 5.41) is 15.5. The maximum absolute atomic E-state index is 12.5. The molecule has 31 heavy (non-hydrogen) atoms. The molecule has 3 N–H and O–H groups in total. The molecule has 2 amide bonds. The second-order valence-electron chi connectivity index (χ2n) is 6.87. The molecule has 0 radical (unpaired) electrons. The molecule has 0 saturated carbocycles. The third-order valence-corrected chi connectivity index (χ3v) is 4.87. The summed E-state index contributed by atoms with van der Waals surface area (Å²) in [7, 11) is 0. The van der Waals surface area contributed by atoms with Crippen LogP contribution in [0.25, 0.3) is 0 Å². The summed E-state index contributed by atoms with van der Waals surface area (Å²) in [5.74, 6) is 0.382. The number of ether oxygens (including phenoxy) is 1. The van der Waals surface area contributed by atoms with Crippen LogP contribution in [0.3, 0.4) is 0 Å². The second kappa shape index (κ2) is 11.0. The number of hydrogen-bond acceptors (Lipinski definition) is 4. The quantitative estimate of drug-likeness (QED) is 0.414. The van der Waals surface area contributed by atoms with Crippen LogP contribution in [0.15, 0.2) is 66.7 Å². The molecule has 160 valence electrons. The Morgan fingerprint density at radius 2 is 1.81 bits per heavy atom. The third-order valence-electron chi connectivity index (χ3n) is 4.63. The number of phenolic OH excluding ortho intramolecular Hbond substituents is 1. The van der Waals surface area contributed by atoms with Crippen LogP contribution in [0.5, 0.6) is 11.5 Å². The smallest absolute Gasteiger partial charge is 0.251 e. The minimum absolute atomic E-state index is 0.205. The maximum Gasteiger partial charge on any atom is 0.251 e. The van der Waals surface area contributed by atoms with Gasteiger partial charge in [-0.05, 0) is 60.0 Å². The summed E-state index contributed by atoms with van der Waals surface area (Å²) in [4.78, 5) is 23.4. The Labute approximate surface area is 185 Å². The van der Waals surface area contributed by atoms with Crippen molar-refractivity contribution in [3.63, 3.8) is 0 Å². The van der Waals surface area contributed by atoms with Gasteiger partial charge in [0.05, 0.1) is 12.3 Å². The fourth-order valence-corrected chi connectivity index (χ4v) is 3.23. The summed E-state index contributed by atoms with van der Waals surface area (Å²) < 4.78 is 5.82. The first-order chi connectivity index (χ1) is 15.0. The van der Waals surface area contributed by atoms with Gasteiger partial charge >= 0.3 is 0 Å². The molecule has 0 aliphatic rings. The summed E-state index contributed by atoms with van der Waals surface area (Å²) in [6.07, 6.45) is 1.83. The number of carbonyl (C=O) groups excluding carboxylic acids is 2. The summed E-state index contributed by atoms with van der Waals surface area (Å²) in [5.41, 5.74) is 2.95. The minimum Gasteiger partial charge on any atom is -0.508 e. The van der Waals surface area contributed by atoms with Crippen molar-refractivity contribution in [2.24, 2.45) is 0 Å². The molecule has 0 aliphatic heterocycles. The van der Waals surface area contributed by atoms with Crippen molar-refractivity contribution in [3.8, 4) is 11.5 Å². The molecule has 3 rings (SSSR count). The molecule has 6 nitrogen and oxygen atoms in total. The van der Waals surface area contributed by atoms with E-state index in [4.69, 9.17) is 16.3 Å². The van der Waals surface area contributed by atoms with E-state index in [0.717, 1.165) is 11.1 Å². The third kappa shape index (κ3) is 6.76. The van der Waals surface area contributed by atoms with Gasteiger partial charge in [-0.2, -0.15) is 0 Å². The SMILES string of the molecule is O=CNc1ccc(C(=O)NCCc2cccc(Cl)c2)cc1OCCc1ccc(O)cc1. The van der Waals surface area contributed by atoms with Crippen LogP contribution in [0.2, 0.25) is 5.02 Å². The number of amides is 2. The molecule has 0 heterocycles. The number of benzene rings is 3. The van der Waals surface area contributed by atoms with Crippen LogP contribution in [0, 0.1) is 0 Å². The van der Waals surface area contributed by atoms with Gasteiger partial charge in [0.1, 0.15) is 11.5 Å².